The van der Waals surface area contributed by atoms with E-state index in [-0.39, 0.29) is 30.1 Å². The van der Waals surface area contributed by atoms with E-state index in [9.17, 15) is 19.7 Å². The molecular formula is C14H18N2O5. The molecule has 7 nitrogen and oxygen atoms in total. The lowest BCUT2D eigenvalue weighted by Crippen LogP contribution is -2.28. The Bertz CT molecular complexity index is 556. The molecule has 0 aliphatic carbocycles. The molecular weight excluding hydrogens is 276 g/mol. The number of hydrogen-bond donors (Lipinski definition) is 1. The van der Waals surface area contributed by atoms with E-state index >= 15 is 0 Å². The van der Waals surface area contributed by atoms with Gasteiger partial charge in [-0.25, -0.2) is 0 Å². The van der Waals surface area contributed by atoms with E-state index in [0.29, 0.717) is 18.4 Å². The number of hydrogen-bond acceptors (Lipinski definition) is 4. The van der Waals surface area contributed by atoms with Crippen LogP contribution >= 0.6 is 0 Å². The van der Waals surface area contributed by atoms with Gasteiger partial charge in [-0.15, -0.1) is 0 Å². The van der Waals surface area contributed by atoms with Crippen LogP contribution in [-0.2, 0) is 11.2 Å². The second-order valence-corrected chi connectivity index (χ2v) is 4.68. The monoisotopic (exact) mass is 294 g/mol. The van der Waals surface area contributed by atoms with Crippen molar-refractivity contribution in [1.29, 1.82) is 0 Å². The van der Waals surface area contributed by atoms with Gasteiger partial charge in [-0.1, -0.05) is 13.0 Å². The van der Waals surface area contributed by atoms with E-state index < -0.39 is 10.9 Å². The summed E-state index contributed by atoms with van der Waals surface area (Å²) >= 11 is 0. The maximum Gasteiger partial charge on any atom is 0.303 e. The minimum atomic E-state index is -0.918. The summed E-state index contributed by atoms with van der Waals surface area (Å²) in [6.45, 7) is 2.09. The fourth-order valence-corrected chi connectivity index (χ4v) is 1.96. The van der Waals surface area contributed by atoms with Gasteiger partial charge in [-0.2, -0.15) is 0 Å². The summed E-state index contributed by atoms with van der Waals surface area (Å²) in [6, 6.07) is 4.41. The predicted molar refractivity (Wildman–Crippen MR) is 76.3 cm³/mol. The Hall–Kier alpha value is -2.44. The maximum absolute atomic E-state index is 12.2. The van der Waals surface area contributed by atoms with Crippen LogP contribution in [0.5, 0.6) is 0 Å². The number of benzene rings is 1. The van der Waals surface area contributed by atoms with Gasteiger partial charge in [-0.3, -0.25) is 19.7 Å². The lowest BCUT2D eigenvalue weighted by Gasteiger charge is -2.16. The highest BCUT2D eigenvalue weighted by molar-refractivity contribution is 5.94. The number of carboxylic acid groups (broad SMARTS) is 1. The first-order valence-electron chi connectivity index (χ1n) is 6.61. The third-order valence-electron chi connectivity index (χ3n) is 3.14. The van der Waals surface area contributed by atoms with Gasteiger partial charge in [0.15, 0.2) is 0 Å². The molecule has 21 heavy (non-hydrogen) atoms. The molecule has 1 rings (SSSR count). The molecule has 0 spiro atoms. The highest BCUT2D eigenvalue weighted by Gasteiger charge is 2.18. The van der Waals surface area contributed by atoms with Gasteiger partial charge in [0.1, 0.15) is 0 Å². The standard InChI is InChI=1S/C14H18N2O5/c1-3-10-6-7-11(9-12(10)16(20)21)14(19)15(2)8-4-5-13(17)18/h6-7,9H,3-5,8H2,1-2H3,(H,17,18). The zero-order valence-electron chi connectivity index (χ0n) is 12.0. The van der Waals surface area contributed by atoms with Crippen molar-refractivity contribution >= 4 is 17.6 Å². The molecule has 0 saturated heterocycles. The first-order valence-corrected chi connectivity index (χ1v) is 6.61. The first-order chi connectivity index (χ1) is 9.86. The van der Waals surface area contributed by atoms with Crippen LogP contribution in [0.2, 0.25) is 0 Å². The van der Waals surface area contributed by atoms with Crippen molar-refractivity contribution in [1.82, 2.24) is 4.90 Å². The molecule has 114 valence electrons. The fourth-order valence-electron chi connectivity index (χ4n) is 1.96. The second kappa shape index (κ2) is 7.37. The quantitative estimate of drug-likeness (QED) is 0.613. The molecule has 0 aliphatic heterocycles. The van der Waals surface area contributed by atoms with E-state index in [1.807, 2.05) is 6.92 Å². The molecule has 7 heteroatoms. The number of carboxylic acids is 1. The summed E-state index contributed by atoms with van der Waals surface area (Å²) in [7, 11) is 1.55. The number of carbonyl (C=O) groups excluding carboxylic acids is 1. The van der Waals surface area contributed by atoms with Crippen LogP contribution in [0.15, 0.2) is 18.2 Å². The van der Waals surface area contributed by atoms with Crippen LogP contribution in [0.25, 0.3) is 0 Å². The van der Waals surface area contributed by atoms with Crippen molar-refractivity contribution in [2.45, 2.75) is 26.2 Å². The normalized spacial score (nSPS) is 10.2. The molecule has 0 unspecified atom stereocenters. The minimum Gasteiger partial charge on any atom is -0.481 e. The average molecular weight is 294 g/mol. The predicted octanol–water partition coefficient (Wildman–Crippen LogP) is 2.09. The molecule has 1 aromatic carbocycles. The molecule has 0 saturated carbocycles. The third-order valence-corrected chi connectivity index (χ3v) is 3.14. The Kier molecular flexibility index (Phi) is 5.83. The number of aliphatic carboxylic acids is 1. The number of nitrogens with zero attached hydrogens (tertiary/aromatic N) is 2. The molecule has 0 aromatic heterocycles. The van der Waals surface area contributed by atoms with Gasteiger partial charge >= 0.3 is 5.97 Å². The summed E-state index contributed by atoms with van der Waals surface area (Å²) in [5.41, 5.74) is 0.740. The van der Waals surface area contributed by atoms with Gasteiger partial charge in [0.05, 0.1) is 4.92 Å². The van der Waals surface area contributed by atoms with Crippen molar-refractivity contribution < 1.29 is 19.6 Å². The molecule has 0 bridgehead atoms. The number of amides is 1. The lowest BCUT2D eigenvalue weighted by molar-refractivity contribution is -0.385. The zero-order chi connectivity index (χ0) is 16.0. The smallest absolute Gasteiger partial charge is 0.303 e. The number of nitro benzene ring substituents is 1. The Morgan fingerprint density at radius 3 is 2.57 bits per heavy atom. The van der Waals surface area contributed by atoms with Crippen molar-refractivity contribution in [2.75, 3.05) is 13.6 Å². The molecule has 1 N–H and O–H groups in total. The molecule has 0 aliphatic rings. The Balaban J connectivity index is 2.84. The van der Waals surface area contributed by atoms with Crippen molar-refractivity contribution in [3.8, 4) is 0 Å². The number of carbonyl (C=O) groups is 2. The highest BCUT2D eigenvalue weighted by atomic mass is 16.6. The van der Waals surface area contributed by atoms with Crippen LogP contribution in [-0.4, -0.2) is 40.4 Å². The van der Waals surface area contributed by atoms with E-state index in [1.54, 1.807) is 19.2 Å². The van der Waals surface area contributed by atoms with E-state index in [0.717, 1.165) is 0 Å². The minimum absolute atomic E-state index is 0.0213. The summed E-state index contributed by atoms with van der Waals surface area (Å²) in [5.74, 6) is -1.27. The van der Waals surface area contributed by atoms with E-state index in [4.69, 9.17) is 5.11 Å². The van der Waals surface area contributed by atoms with Crippen LogP contribution < -0.4 is 0 Å². The summed E-state index contributed by atoms with van der Waals surface area (Å²) in [4.78, 5) is 34.4. The number of nitro groups is 1. The largest absolute Gasteiger partial charge is 0.481 e. The maximum atomic E-state index is 12.2. The zero-order valence-corrected chi connectivity index (χ0v) is 12.0. The first kappa shape index (κ1) is 16.6. The average Bonchev–Trinajstić information content (AvgIpc) is 2.45. The van der Waals surface area contributed by atoms with Crippen LogP contribution in [0.4, 0.5) is 5.69 Å². The van der Waals surface area contributed by atoms with Gasteiger partial charge in [0.2, 0.25) is 0 Å². The third kappa shape index (κ3) is 4.55. The Morgan fingerprint density at radius 2 is 2.05 bits per heavy atom. The van der Waals surface area contributed by atoms with E-state index in [1.165, 1.54) is 11.0 Å². The van der Waals surface area contributed by atoms with Crippen LogP contribution in [0.3, 0.4) is 0 Å². The van der Waals surface area contributed by atoms with Crippen molar-refractivity contribution in [2.24, 2.45) is 0 Å². The van der Waals surface area contributed by atoms with Crippen LogP contribution in [0.1, 0.15) is 35.7 Å². The molecule has 0 heterocycles. The second-order valence-electron chi connectivity index (χ2n) is 4.68. The van der Waals surface area contributed by atoms with Gasteiger partial charge in [0.25, 0.3) is 11.6 Å². The Morgan fingerprint density at radius 1 is 1.38 bits per heavy atom. The molecule has 0 radical (unpaired) electrons. The lowest BCUT2D eigenvalue weighted by atomic mass is 10.1. The summed E-state index contributed by atoms with van der Waals surface area (Å²) in [5, 5.41) is 19.5. The Labute approximate surface area is 122 Å². The summed E-state index contributed by atoms with van der Waals surface area (Å²) in [6.07, 6.45) is 0.832. The fraction of sp³-hybridized carbons (Fsp3) is 0.429. The number of aryl methyl sites for hydroxylation is 1. The van der Waals surface area contributed by atoms with Gasteiger partial charge < -0.3 is 10.0 Å². The van der Waals surface area contributed by atoms with Crippen LogP contribution in [0, 0.1) is 10.1 Å². The van der Waals surface area contributed by atoms with Gasteiger partial charge in [-0.05, 0) is 18.9 Å². The topological polar surface area (TPSA) is 101 Å². The molecule has 1 aromatic rings. The molecule has 0 atom stereocenters. The molecule has 1 amide bonds. The number of rotatable bonds is 7. The summed E-state index contributed by atoms with van der Waals surface area (Å²) < 4.78 is 0. The van der Waals surface area contributed by atoms with Crippen molar-refractivity contribution in [3.05, 3.63) is 39.4 Å². The molecule has 0 fully saturated rings. The van der Waals surface area contributed by atoms with Gasteiger partial charge in [0, 0.05) is 37.2 Å². The van der Waals surface area contributed by atoms with Crippen molar-refractivity contribution in [3.63, 3.8) is 0 Å². The van der Waals surface area contributed by atoms with E-state index in [2.05, 4.69) is 0 Å². The SMILES string of the molecule is CCc1ccc(C(=O)N(C)CCCC(=O)O)cc1[N+](=O)[O-]. The highest BCUT2D eigenvalue weighted by Crippen LogP contribution is 2.21.